The number of aromatic nitrogens is 2. The lowest BCUT2D eigenvalue weighted by molar-refractivity contribution is -0.122. The zero-order valence-corrected chi connectivity index (χ0v) is 13.1. The molecule has 128 valence electrons. The van der Waals surface area contributed by atoms with E-state index in [9.17, 15) is 13.6 Å². The first-order valence-electron chi connectivity index (χ1n) is 7.34. The molecule has 0 radical (unpaired) electrons. The third-order valence-corrected chi connectivity index (χ3v) is 3.25. The number of hydrogen-bond donors (Lipinski definition) is 1. The lowest BCUT2D eigenvalue weighted by Gasteiger charge is -2.13. The smallest absolute Gasteiger partial charge is 0.270 e. The fraction of sp³-hybridized carbons (Fsp3) is 0.118. The zero-order valence-electron chi connectivity index (χ0n) is 13.1. The molecule has 2 aromatic carbocycles. The van der Waals surface area contributed by atoms with Gasteiger partial charge in [0.25, 0.3) is 17.7 Å². The fourth-order valence-corrected chi connectivity index (χ4v) is 1.97. The predicted octanol–water partition coefficient (Wildman–Crippen LogP) is 3.42. The quantitative estimate of drug-likeness (QED) is 0.767. The van der Waals surface area contributed by atoms with Gasteiger partial charge in [0.1, 0.15) is 17.4 Å². The Morgan fingerprint density at radius 3 is 2.32 bits per heavy atom. The molecular formula is C17H13F2N3O3. The summed E-state index contributed by atoms with van der Waals surface area (Å²) in [5, 5.41) is 6.09. The van der Waals surface area contributed by atoms with Crippen molar-refractivity contribution in [2.45, 2.75) is 13.0 Å². The lowest BCUT2D eigenvalue weighted by Crippen LogP contribution is -2.30. The molecular weight excluding hydrogens is 332 g/mol. The summed E-state index contributed by atoms with van der Waals surface area (Å²) >= 11 is 0. The first-order chi connectivity index (χ1) is 12.0. The molecule has 1 unspecified atom stereocenters. The molecule has 0 aliphatic heterocycles. The highest BCUT2D eigenvalue weighted by Gasteiger charge is 2.18. The van der Waals surface area contributed by atoms with Gasteiger partial charge in [-0.2, -0.15) is 4.98 Å². The molecule has 25 heavy (non-hydrogen) atoms. The SMILES string of the molecule is CC(Oc1ccc(F)cc1)C(=O)Nc1noc(-c2ccc(F)cc2)n1. The van der Waals surface area contributed by atoms with Crippen LogP contribution in [0.5, 0.6) is 5.75 Å². The summed E-state index contributed by atoms with van der Waals surface area (Å²) in [5.74, 6) is -0.839. The van der Waals surface area contributed by atoms with Gasteiger partial charge in [0.15, 0.2) is 6.10 Å². The maximum Gasteiger partial charge on any atom is 0.270 e. The molecule has 3 aromatic rings. The van der Waals surface area contributed by atoms with Crippen molar-refractivity contribution in [3.8, 4) is 17.2 Å². The minimum absolute atomic E-state index is 0.0427. The van der Waals surface area contributed by atoms with Crippen LogP contribution < -0.4 is 10.1 Å². The summed E-state index contributed by atoms with van der Waals surface area (Å²) in [4.78, 5) is 16.1. The second-order valence-electron chi connectivity index (χ2n) is 5.13. The van der Waals surface area contributed by atoms with Gasteiger partial charge in [0.05, 0.1) is 0 Å². The molecule has 0 saturated carbocycles. The number of anilines is 1. The van der Waals surface area contributed by atoms with Gasteiger partial charge in [-0.3, -0.25) is 10.1 Å². The number of carbonyl (C=O) groups is 1. The highest BCUT2D eigenvalue weighted by Crippen LogP contribution is 2.19. The lowest BCUT2D eigenvalue weighted by atomic mass is 10.2. The van der Waals surface area contributed by atoms with Crippen molar-refractivity contribution in [2.24, 2.45) is 0 Å². The van der Waals surface area contributed by atoms with Crippen molar-refractivity contribution in [1.82, 2.24) is 10.1 Å². The fourth-order valence-electron chi connectivity index (χ4n) is 1.97. The molecule has 0 aliphatic carbocycles. The zero-order chi connectivity index (χ0) is 17.8. The maximum atomic E-state index is 12.9. The van der Waals surface area contributed by atoms with Crippen LogP contribution in [0.4, 0.5) is 14.7 Å². The number of nitrogens with zero attached hydrogens (tertiary/aromatic N) is 2. The molecule has 1 amide bonds. The third-order valence-electron chi connectivity index (χ3n) is 3.25. The summed E-state index contributed by atoms with van der Waals surface area (Å²) in [6.45, 7) is 1.53. The Labute approximate surface area is 141 Å². The standard InChI is InChI=1S/C17H13F2N3O3/c1-10(24-14-8-6-13(19)7-9-14)15(23)20-17-21-16(25-22-17)11-2-4-12(18)5-3-11/h2-10H,1H3,(H,20,22,23). The monoisotopic (exact) mass is 345 g/mol. The van der Waals surface area contributed by atoms with Gasteiger partial charge in [-0.15, -0.1) is 0 Å². The van der Waals surface area contributed by atoms with Gasteiger partial charge >= 0.3 is 0 Å². The number of hydrogen-bond acceptors (Lipinski definition) is 5. The Kier molecular flexibility index (Phi) is 4.69. The summed E-state index contributed by atoms with van der Waals surface area (Å²) in [5.41, 5.74) is 0.519. The van der Waals surface area contributed by atoms with Crippen LogP contribution in [0.25, 0.3) is 11.5 Å². The van der Waals surface area contributed by atoms with Crippen molar-refractivity contribution in [1.29, 1.82) is 0 Å². The van der Waals surface area contributed by atoms with Crippen molar-refractivity contribution in [2.75, 3.05) is 5.32 Å². The average molecular weight is 345 g/mol. The second kappa shape index (κ2) is 7.08. The summed E-state index contributed by atoms with van der Waals surface area (Å²) in [7, 11) is 0. The summed E-state index contributed by atoms with van der Waals surface area (Å²) < 4.78 is 36.2. The number of halogens is 2. The molecule has 1 heterocycles. The summed E-state index contributed by atoms with van der Waals surface area (Å²) in [6.07, 6.45) is -0.863. The van der Waals surface area contributed by atoms with Crippen LogP contribution >= 0.6 is 0 Å². The number of rotatable bonds is 5. The molecule has 0 aliphatic rings. The molecule has 3 rings (SSSR count). The summed E-state index contributed by atoms with van der Waals surface area (Å²) in [6, 6.07) is 10.8. The van der Waals surface area contributed by atoms with E-state index < -0.39 is 17.8 Å². The van der Waals surface area contributed by atoms with Gasteiger partial charge in [-0.1, -0.05) is 0 Å². The first kappa shape index (κ1) is 16.6. The highest BCUT2D eigenvalue weighted by molar-refractivity contribution is 5.92. The van der Waals surface area contributed by atoms with Crippen LogP contribution in [0.3, 0.4) is 0 Å². The van der Waals surface area contributed by atoms with E-state index >= 15 is 0 Å². The van der Waals surface area contributed by atoms with Crippen LogP contribution in [-0.4, -0.2) is 22.2 Å². The average Bonchev–Trinajstić information content (AvgIpc) is 3.06. The first-order valence-corrected chi connectivity index (χ1v) is 7.34. The Hall–Kier alpha value is -3.29. The molecule has 1 atom stereocenters. The van der Waals surface area contributed by atoms with Crippen molar-refractivity contribution in [3.05, 3.63) is 60.2 Å². The van der Waals surface area contributed by atoms with Crippen LogP contribution in [-0.2, 0) is 4.79 Å². The van der Waals surface area contributed by atoms with Crippen LogP contribution in [0.2, 0.25) is 0 Å². The minimum atomic E-state index is -0.863. The number of carbonyl (C=O) groups excluding carboxylic acids is 1. The number of ether oxygens (including phenoxy) is 1. The van der Waals surface area contributed by atoms with E-state index in [2.05, 4.69) is 15.5 Å². The minimum Gasteiger partial charge on any atom is -0.481 e. The van der Waals surface area contributed by atoms with Gasteiger partial charge in [-0.05, 0) is 60.6 Å². The number of benzene rings is 2. The van der Waals surface area contributed by atoms with Crippen molar-refractivity contribution < 1.29 is 22.8 Å². The second-order valence-corrected chi connectivity index (χ2v) is 5.13. The van der Waals surface area contributed by atoms with E-state index in [1.807, 2.05) is 0 Å². The third kappa shape index (κ3) is 4.17. The molecule has 0 fully saturated rings. The molecule has 0 saturated heterocycles. The van der Waals surface area contributed by atoms with E-state index in [-0.39, 0.29) is 17.7 Å². The van der Waals surface area contributed by atoms with E-state index in [1.165, 1.54) is 55.5 Å². The Morgan fingerprint density at radius 1 is 1.08 bits per heavy atom. The number of amides is 1. The Bertz CT molecular complexity index is 864. The van der Waals surface area contributed by atoms with Gasteiger partial charge in [0.2, 0.25) is 0 Å². The van der Waals surface area contributed by atoms with Gasteiger partial charge in [0, 0.05) is 5.56 Å². The van der Waals surface area contributed by atoms with Crippen molar-refractivity contribution in [3.63, 3.8) is 0 Å². The predicted molar refractivity (Wildman–Crippen MR) is 84.8 cm³/mol. The molecule has 1 aromatic heterocycles. The van der Waals surface area contributed by atoms with Crippen molar-refractivity contribution >= 4 is 11.9 Å². The van der Waals surface area contributed by atoms with Gasteiger partial charge in [-0.25, -0.2) is 8.78 Å². The number of nitrogens with one attached hydrogen (secondary N) is 1. The largest absolute Gasteiger partial charge is 0.481 e. The normalized spacial score (nSPS) is 11.8. The van der Waals surface area contributed by atoms with Crippen LogP contribution in [0, 0.1) is 11.6 Å². The van der Waals surface area contributed by atoms with E-state index in [0.29, 0.717) is 11.3 Å². The highest BCUT2D eigenvalue weighted by atomic mass is 19.1. The van der Waals surface area contributed by atoms with E-state index in [0.717, 1.165) is 0 Å². The Balaban J connectivity index is 1.62. The molecule has 0 spiro atoms. The van der Waals surface area contributed by atoms with Crippen LogP contribution in [0.15, 0.2) is 53.1 Å². The molecule has 6 nitrogen and oxygen atoms in total. The molecule has 1 N–H and O–H groups in total. The maximum absolute atomic E-state index is 12.9. The van der Waals surface area contributed by atoms with Crippen LogP contribution in [0.1, 0.15) is 6.92 Å². The Morgan fingerprint density at radius 2 is 1.68 bits per heavy atom. The van der Waals surface area contributed by atoms with Gasteiger partial charge < -0.3 is 9.26 Å². The topological polar surface area (TPSA) is 77.2 Å². The molecule has 8 heteroatoms. The molecule has 0 bridgehead atoms. The van der Waals surface area contributed by atoms with E-state index in [4.69, 9.17) is 9.26 Å². The van der Waals surface area contributed by atoms with E-state index in [1.54, 1.807) is 0 Å².